The Labute approximate surface area is 139 Å². The van der Waals surface area contributed by atoms with Gasteiger partial charge < -0.3 is 0 Å². The van der Waals surface area contributed by atoms with E-state index in [4.69, 9.17) is 16.0 Å². The third-order valence-electron chi connectivity index (χ3n) is 3.24. The molecule has 1 aromatic carbocycles. The van der Waals surface area contributed by atoms with E-state index >= 15 is 0 Å². The topological polar surface area (TPSA) is 56.7 Å². The van der Waals surface area contributed by atoms with Crippen molar-refractivity contribution in [2.45, 2.75) is 0 Å². The first kappa shape index (κ1) is 13.6. The number of fused-ring (bicyclic) bond motifs is 1. The average molecular weight is 371 g/mol. The Morgan fingerprint density at radius 2 is 1.91 bits per heavy atom. The molecule has 5 nitrogen and oxygen atoms in total. The third kappa shape index (κ3) is 2.23. The van der Waals surface area contributed by atoms with Crippen LogP contribution in [0, 0.1) is 0 Å². The summed E-state index contributed by atoms with van der Waals surface area (Å²) in [5, 5.41) is 0.687. The van der Waals surface area contributed by atoms with Crippen LogP contribution in [0.15, 0.2) is 53.4 Å². The Kier molecular flexibility index (Phi) is 3.25. The molecule has 0 N–H and O–H groups in total. The van der Waals surface area contributed by atoms with E-state index in [9.17, 15) is 0 Å². The molecule has 3 heterocycles. The van der Waals surface area contributed by atoms with E-state index in [1.165, 1.54) is 0 Å². The standard InChI is InChI=1S/C15H8AsClN4O/c16-15-19-12(11-2-1-7-22-11)13-14(20-15)21(8-18-13)10-5-3-9(17)4-6-10/h1-8H. The Bertz CT molecular complexity index is 948. The predicted molar refractivity (Wildman–Crippen MR) is 84.8 cm³/mol. The first-order chi connectivity index (χ1) is 10.7. The molecule has 0 saturated carbocycles. The van der Waals surface area contributed by atoms with Gasteiger partial charge in [-0.3, -0.25) is 0 Å². The number of aromatic nitrogens is 4. The van der Waals surface area contributed by atoms with Crippen LogP contribution in [0.2, 0.25) is 5.02 Å². The second kappa shape index (κ2) is 5.27. The molecular formula is C15H8AsClN4O. The zero-order valence-corrected chi connectivity index (χ0v) is 13.8. The maximum absolute atomic E-state index is 5.94. The van der Waals surface area contributed by atoms with Gasteiger partial charge in [-0.15, -0.1) is 0 Å². The number of imidazole rings is 1. The number of rotatable bonds is 2. The second-order valence-corrected chi connectivity index (χ2v) is 5.89. The fourth-order valence-corrected chi connectivity index (χ4v) is 2.80. The molecule has 0 amide bonds. The van der Waals surface area contributed by atoms with Crippen LogP contribution < -0.4 is 4.61 Å². The summed E-state index contributed by atoms with van der Waals surface area (Å²) in [4.78, 5) is 13.4. The zero-order valence-electron chi connectivity index (χ0n) is 11.1. The molecule has 7 heteroatoms. The van der Waals surface area contributed by atoms with E-state index in [2.05, 4.69) is 31.8 Å². The average Bonchev–Trinajstić information content (AvgIpc) is 3.16. The number of hydrogen-bond donors (Lipinski definition) is 0. The molecule has 106 valence electrons. The van der Waals surface area contributed by atoms with Crippen molar-refractivity contribution in [3.05, 3.63) is 54.0 Å². The van der Waals surface area contributed by atoms with Crippen molar-refractivity contribution in [1.82, 2.24) is 19.5 Å². The minimum absolute atomic E-state index is 0.599. The molecule has 0 bridgehead atoms. The summed E-state index contributed by atoms with van der Waals surface area (Å²) in [6.07, 6.45) is 3.34. The molecule has 0 aliphatic carbocycles. The van der Waals surface area contributed by atoms with Crippen LogP contribution in [-0.4, -0.2) is 36.4 Å². The van der Waals surface area contributed by atoms with Crippen molar-refractivity contribution in [2.75, 3.05) is 0 Å². The fourth-order valence-electron chi connectivity index (χ4n) is 2.26. The summed E-state index contributed by atoms with van der Waals surface area (Å²) in [5.74, 6) is 0.668. The van der Waals surface area contributed by atoms with Crippen LogP contribution >= 0.6 is 11.6 Å². The summed E-state index contributed by atoms with van der Waals surface area (Å²) in [6.45, 7) is 0. The summed E-state index contributed by atoms with van der Waals surface area (Å²) in [5.41, 5.74) is 3.03. The molecule has 0 unspecified atom stereocenters. The zero-order chi connectivity index (χ0) is 15.1. The quantitative estimate of drug-likeness (QED) is 0.509. The van der Waals surface area contributed by atoms with Crippen molar-refractivity contribution in [3.63, 3.8) is 0 Å². The Morgan fingerprint density at radius 3 is 2.64 bits per heavy atom. The third-order valence-corrected chi connectivity index (χ3v) is 3.92. The van der Waals surface area contributed by atoms with Crippen molar-refractivity contribution in [2.24, 2.45) is 0 Å². The molecule has 22 heavy (non-hydrogen) atoms. The van der Waals surface area contributed by atoms with Gasteiger partial charge in [0.2, 0.25) is 0 Å². The van der Waals surface area contributed by atoms with Gasteiger partial charge in [-0.25, -0.2) is 0 Å². The monoisotopic (exact) mass is 370 g/mol. The fraction of sp³-hybridized carbons (Fsp3) is 0. The van der Waals surface area contributed by atoms with Crippen LogP contribution in [0.5, 0.6) is 0 Å². The number of benzene rings is 1. The molecule has 0 fully saturated rings. The van der Waals surface area contributed by atoms with E-state index < -0.39 is 0 Å². The van der Waals surface area contributed by atoms with Gasteiger partial charge in [0.05, 0.1) is 0 Å². The molecule has 0 saturated heterocycles. The molecule has 4 rings (SSSR count). The van der Waals surface area contributed by atoms with E-state index in [1.54, 1.807) is 12.6 Å². The van der Waals surface area contributed by atoms with Crippen LogP contribution in [0.25, 0.3) is 28.3 Å². The van der Waals surface area contributed by atoms with Gasteiger partial charge in [-0.05, 0) is 0 Å². The normalized spacial score (nSPS) is 11.2. The Balaban J connectivity index is 1.98. The van der Waals surface area contributed by atoms with Gasteiger partial charge in [0.15, 0.2) is 0 Å². The number of nitrogens with zero attached hydrogens (tertiary/aromatic N) is 4. The first-order valence-electron chi connectivity index (χ1n) is 6.46. The predicted octanol–water partition coefficient (Wildman–Crippen LogP) is 2.52. The first-order valence-corrected chi connectivity index (χ1v) is 7.78. The SMILES string of the molecule is Clc1ccc(-n2cnc3c(-c4ccco4)nc([As])nc32)cc1. The van der Waals surface area contributed by atoms with Crippen LogP contribution in [0.4, 0.5) is 0 Å². The van der Waals surface area contributed by atoms with E-state index in [1.807, 2.05) is 41.0 Å². The molecule has 3 aromatic heterocycles. The summed E-state index contributed by atoms with van der Waals surface area (Å²) in [6, 6.07) is 11.2. The van der Waals surface area contributed by atoms with E-state index in [0.29, 0.717) is 26.6 Å². The van der Waals surface area contributed by atoms with Gasteiger partial charge in [0, 0.05) is 0 Å². The van der Waals surface area contributed by atoms with Crippen LogP contribution in [0.3, 0.4) is 0 Å². The van der Waals surface area contributed by atoms with Crippen molar-refractivity contribution in [1.29, 1.82) is 0 Å². The molecule has 0 aliphatic rings. The molecular weight excluding hydrogens is 363 g/mol. The summed E-state index contributed by atoms with van der Waals surface area (Å²) in [7, 11) is 0. The Morgan fingerprint density at radius 1 is 1.09 bits per heavy atom. The van der Waals surface area contributed by atoms with E-state index in [-0.39, 0.29) is 0 Å². The van der Waals surface area contributed by atoms with Crippen molar-refractivity contribution < 1.29 is 4.42 Å². The number of furan rings is 1. The molecule has 0 spiro atoms. The minimum atomic E-state index is 0.599. The molecule has 0 atom stereocenters. The van der Waals surface area contributed by atoms with Gasteiger partial charge in [0.1, 0.15) is 0 Å². The van der Waals surface area contributed by atoms with E-state index in [0.717, 1.165) is 11.3 Å². The van der Waals surface area contributed by atoms with Gasteiger partial charge in [-0.2, -0.15) is 0 Å². The van der Waals surface area contributed by atoms with Crippen molar-refractivity contribution >= 4 is 44.2 Å². The van der Waals surface area contributed by atoms with Crippen LogP contribution in [0.1, 0.15) is 0 Å². The molecule has 2 radical (unpaired) electrons. The van der Waals surface area contributed by atoms with Gasteiger partial charge >= 0.3 is 139 Å². The van der Waals surface area contributed by atoms with Crippen molar-refractivity contribution in [3.8, 4) is 17.1 Å². The number of halogens is 1. The maximum atomic E-state index is 5.94. The summed E-state index contributed by atoms with van der Waals surface area (Å²) >= 11 is 8.29. The molecule has 0 aliphatic heterocycles. The van der Waals surface area contributed by atoms with Crippen LogP contribution in [-0.2, 0) is 0 Å². The Hall–Kier alpha value is -2.10. The summed E-state index contributed by atoms with van der Waals surface area (Å²) < 4.78 is 7.95. The van der Waals surface area contributed by atoms with Gasteiger partial charge in [0.25, 0.3) is 0 Å². The molecule has 4 aromatic rings. The van der Waals surface area contributed by atoms with Gasteiger partial charge in [-0.1, -0.05) is 0 Å². The number of hydrogen-bond acceptors (Lipinski definition) is 4. The second-order valence-electron chi connectivity index (χ2n) is 4.61.